The van der Waals surface area contributed by atoms with Gasteiger partial charge in [-0.3, -0.25) is 24.0 Å². The second kappa shape index (κ2) is 39.4. The molecular formula is C55H94I2O10. The number of unbranched alkanes of at least 4 members (excludes halogenated alkanes) is 10. The van der Waals surface area contributed by atoms with Gasteiger partial charge in [0.15, 0.2) is 5.79 Å². The van der Waals surface area contributed by atoms with Gasteiger partial charge in [0.1, 0.15) is 17.3 Å². The molecule has 0 bridgehead atoms. The van der Waals surface area contributed by atoms with Crippen LogP contribution in [0.3, 0.4) is 0 Å². The minimum Gasteiger partial charge on any atom is -0.463 e. The molecule has 0 spiro atoms. The van der Waals surface area contributed by atoms with E-state index in [1.165, 1.54) is 44.9 Å². The van der Waals surface area contributed by atoms with Gasteiger partial charge in [-0.15, -0.1) is 0 Å². The average molecular weight is 1170 g/mol. The number of carbonyl (C=O) groups excluding carboxylic acids is 5. The van der Waals surface area contributed by atoms with Crippen molar-refractivity contribution in [3.63, 3.8) is 0 Å². The molecule has 1 aliphatic heterocycles. The van der Waals surface area contributed by atoms with E-state index in [2.05, 4.69) is 83.3 Å². The molecule has 2 saturated carbocycles. The quantitative estimate of drug-likeness (QED) is 0.0217. The molecule has 67 heavy (non-hydrogen) atoms. The molecule has 0 unspecified atom stereocenters. The number of halogens is 2. The van der Waals surface area contributed by atoms with Gasteiger partial charge < -0.3 is 24.1 Å². The van der Waals surface area contributed by atoms with Gasteiger partial charge in [0.25, 0.3) is 0 Å². The Morgan fingerprint density at radius 2 is 1.06 bits per heavy atom. The van der Waals surface area contributed by atoms with Crippen molar-refractivity contribution in [2.24, 2.45) is 35.5 Å². The molecule has 12 heteroatoms. The Hall–Kier alpha value is -1.23. The van der Waals surface area contributed by atoms with Gasteiger partial charge in [-0.25, -0.2) is 0 Å². The summed E-state index contributed by atoms with van der Waals surface area (Å²) < 4.78 is 24.6. The maximum absolute atomic E-state index is 12.9. The highest BCUT2D eigenvalue weighted by Crippen LogP contribution is 2.44. The SMILES string of the molecule is CCCCCCCC(=O)CC[C@H]1[C@H](CI)CC(=O)[C@@H]1CC=CCCCC(=O)OC(C)C.CCCCCCCC1(CC[C@H]2[C@H](CI)CC(=O)[C@@H]2CC=CCCCC(=O)OC(C)C)OCCO1.CO. The summed E-state index contributed by atoms with van der Waals surface area (Å²) in [6.07, 6.45) is 32.5. The summed E-state index contributed by atoms with van der Waals surface area (Å²) in [5, 5.41) is 7.00. The smallest absolute Gasteiger partial charge is 0.306 e. The molecular weight excluding hydrogens is 1070 g/mol. The van der Waals surface area contributed by atoms with E-state index >= 15 is 0 Å². The monoisotopic (exact) mass is 1170 g/mol. The van der Waals surface area contributed by atoms with Crippen LogP contribution >= 0.6 is 45.2 Å². The first-order chi connectivity index (χ1) is 32.3. The summed E-state index contributed by atoms with van der Waals surface area (Å²) in [5.74, 6) is 2.20. The van der Waals surface area contributed by atoms with Crippen LogP contribution in [0.4, 0.5) is 0 Å². The number of rotatable bonds is 34. The molecule has 1 heterocycles. The molecule has 0 aromatic carbocycles. The van der Waals surface area contributed by atoms with Crippen molar-refractivity contribution in [3.8, 4) is 0 Å². The van der Waals surface area contributed by atoms with Crippen LogP contribution in [-0.2, 0) is 42.9 Å². The first-order valence-electron chi connectivity index (χ1n) is 26.4. The molecule has 1 N–H and O–H groups in total. The fraction of sp³-hybridized carbons (Fsp3) is 0.836. The van der Waals surface area contributed by atoms with Gasteiger partial charge in [0.05, 0.1) is 25.4 Å². The lowest BCUT2D eigenvalue weighted by Crippen LogP contribution is -2.32. The molecule has 0 aromatic heterocycles. The molecule has 2 aliphatic carbocycles. The molecule has 0 radical (unpaired) electrons. The Bertz CT molecular complexity index is 1410. The third-order valence-electron chi connectivity index (χ3n) is 13.4. The number of hydrogen-bond donors (Lipinski definition) is 1. The van der Waals surface area contributed by atoms with Crippen LogP contribution in [-0.4, -0.2) is 81.6 Å². The van der Waals surface area contributed by atoms with Crippen molar-refractivity contribution in [2.45, 2.75) is 226 Å². The Morgan fingerprint density at radius 3 is 1.51 bits per heavy atom. The number of aliphatic hydroxyl groups excluding tert-OH is 1. The van der Waals surface area contributed by atoms with Gasteiger partial charge in [0.2, 0.25) is 0 Å². The minimum atomic E-state index is -0.432. The molecule has 1 saturated heterocycles. The van der Waals surface area contributed by atoms with Crippen LogP contribution < -0.4 is 0 Å². The van der Waals surface area contributed by atoms with Crippen molar-refractivity contribution in [3.05, 3.63) is 24.3 Å². The zero-order valence-corrected chi connectivity index (χ0v) is 47.3. The number of ketones is 3. The highest BCUT2D eigenvalue weighted by Gasteiger charge is 2.44. The molecule has 0 amide bonds. The summed E-state index contributed by atoms with van der Waals surface area (Å²) in [7, 11) is 1.00. The zero-order chi connectivity index (χ0) is 49.9. The van der Waals surface area contributed by atoms with Gasteiger partial charge in [-0.05, 0) is 116 Å². The first-order valence-corrected chi connectivity index (χ1v) is 29.4. The Morgan fingerprint density at radius 1 is 0.612 bits per heavy atom. The second-order valence-electron chi connectivity index (χ2n) is 19.5. The topological polar surface area (TPSA) is 142 Å². The lowest BCUT2D eigenvalue weighted by Gasteiger charge is -2.31. The summed E-state index contributed by atoms with van der Waals surface area (Å²) in [5.41, 5.74) is 0. The summed E-state index contributed by atoms with van der Waals surface area (Å²) in [6.45, 7) is 13.3. The van der Waals surface area contributed by atoms with E-state index in [0.717, 1.165) is 99.4 Å². The van der Waals surface area contributed by atoms with Gasteiger partial charge in [-0.1, -0.05) is 135 Å². The number of esters is 2. The van der Waals surface area contributed by atoms with E-state index in [-0.39, 0.29) is 36.0 Å². The minimum absolute atomic E-state index is 0.0549. The first kappa shape index (κ1) is 63.8. The van der Waals surface area contributed by atoms with Crippen molar-refractivity contribution < 1.29 is 48.0 Å². The molecule has 3 aliphatic rings. The fourth-order valence-electron chi connectivity index (χ4n) is 9.85. The van der Waals surface area contributed by atoms with E-state index in [0.29, 0.717) is 92.8 Å². The fourth-order valence-corrected chi connectivity index (χ4v) is 11.8. The number of aliphatic hydroxyl groups is 1. The summed E-state index contributed by atoms with van der Waals surface area (Å²) >= 11 is 4.83. The Balaban J connectivity index is 0.000000649. The van der Waals surface area contributed by atoms with Crippen LogP contribution in [0.2, 0.25) is 0 Å². The molecule has 3 rings (SSSR count). The second-order valence-corrected chi connectivity index (χ2v) is 21.3. The van der Waals surface area contributed by atoms with Gasteiger partial charge in [-0.2, -0.15) is 0 Å². The number of alkyl halides is 2. The van der Waals surface area contributed by atoms with E-state index in [1.807, 2.05) is 27.7 Å². The van der Waals surface area contributed by atoms with Crippen molar-refractivity contribution in [1.29, 1.82) is 0 Å². The zero-order valence-electron chi connectivity index (χ0n) is 43.0. The van der Waals surface area contributed by atoms with E-state index < -0.39 is 5.79 Å². The van der Waals surface area contributed by atoms with Crippen LogP contribution in [0.1, 0.15) is 208 Å². The number of Topliss-reactive ketones (excluding diaryl/α,β-unsaturated/α-hetero) is 3. The highest BCUT2D eigenvalue weighted by molar-refractivity contribution is 14.1. The normalized spacial score (nSPS) is 22.4. The summed E-state index contributed by atoms with van der Waals surface area (Å²) in [6, 6.07) is 0. The third-order valence-corrected chi connectivity index (χ3v) is 15.7. The highest BCUT2D eigenvalue weighted by atomic mass is 127. The molecule has 6 atom stereocenters. The number of hydrogen-bond acceptors (Lipinski definition) is 10. The van der Waals surface area contributed by atoms with Crippen LogP contribution in [0.15, 0.2) is 24.3 Å². The largest absolute Gasteiger partial charge is 0.463 e. The average Bonchev–Trinajstić information content (AvgIpc) is 3.98. The lowest BCUT2D eigenvalue weighted by molar-refractivity contribution is -0.171. The van der Waals surface area contributed by atoms with Crippen LogP contribution in [0, 0.1) is 35.5 Å². The summed E-state index contributed by atoms with van der Waals surface area (Å²) in [4.78, 5) is 61.0. The van der Waals surface area contributed by atoms with Crippen molar-refractivity contribution >= 4 is 74.5 Å². The maximum Gasteiger partial charge on any atom is 0.306 e. The van der Waals surface area contributed by atoms with E-state index in [9.17, 15) is 24.0 Å². The maximum atomic E-state index is 12.9. The van der Waals surface area contributed by atoms with Crippen molar-refractivity contribution in [1.82, 2.24) is 0 Å². The van der Waals surface area contributed by atoms with Gasteiger partial charge in [0, 0.05) is 79.2 Å². The Labute approximate surface area is 435 Å². The third kappa shape index (κ3) is 27.8. The van der Waals surface area contributed by atoms with E-state index in [1.54, 1.807) is 0 Å². The number of allylic oxidation sites excluding steroid dienone is 4. The van der Waals surface area contributed by atoms with Crippen molar-refractivity contribution in [2.75, 3.05) is 29.2 Å². The molecule has 0 aromatic rings. The molecule has 3 fully saturated rings. The van der Waals surface area contributed by atoms with E-state index in [4.69, 9.17) is 24.1 Å². The van der Waals surface area contributed by atoms with Crippen LogP contribution in [0.5, 0.6) is 0 Å². The molecule has 10 nitrogen and oxygen atoms in total. The number of ether oxygens (including phenoxy) is 4. The predicted molar refractivity (Wildman–Crippen MR) is 289 cm³/mol. The number of carbonyl (C=O) groups is 5. The van der Waals surface area contributed by atoms with Crippen LogP contribution in [0.25, 0.3) is 0 Å². The predicted octanol–water partition coefficient (Wildman–Crippen LogP) is 13.8. The molecule has 388 valence electrons. The standard InChI is InChI=1S/C28H47IO5.C26H43IO4.CH4O/c1-4-5-6-9-12-16-28(32-18-19-33-28)17-15-24-23(21-29)20-26(30)25(24)13-10-7-8-11-14-27(31)34-22(2)3;1-4-5-6-7-10-13-22(28)16-17-23-21(19-27)18-25(29)24(23)14-11-8-9-12-15-26(30)31-20(2)3;1-2/h7,10,22-25H,4-6,8-9,11-21H2,1-3H3;8,11,20-21,23-24H,4-7,9-10,12-19H2,1-3H3;2H,1H3/t23-,24-,25+;21-,23-,24+;/m00./s1. The Kier molecular flexibility index (Phi) is 37.5. The lowest BCUT2D eigenvalue weighted by atomic mass is 9.82. The van der Waals surface area contributed by atoms with Gasteiger partial charge >= 0.3 is 11.9 Å².